The third-order valence-corrected chi connectivity index (χ3v) is 3.63. The molecule has 0 saturated heterocycles. The fourth-order valence-electron chi connectivity index (χ4n) is 1.82. The van der Waals surface area contributed by atoms with Crippen molar-refractivity contribution in [1.82, 2.24) is 4.98 Å². The average Bonchev–Trinajstić information content (AvgIpc) is 3.03. The van der Waals surface area contributed by atoms with Gasteiger partial charge in [0.05, 0.1) is 18.3 Å². The number of aryl methyl sites for hydroxylation is 1. The number of nitrogens with one attached hydrogen (secondary N) is 1. The number of amides is 1. The molecule has 2 N–H and O–H groups in total. The molecule has 1 aromatic heterocycles. The molecule has 1 aromatic carbocycles. The Balaban J connectivity index is 2.17. The number of aliphatic hydroxyl groups excluding tert-OH is 1. The number of rotatable bonds is 4. The zero-order chi connectivity index (χ0) is 15.1. The Hall–Kier alpha value is -2.16. The Morgan fingerprint density at radius 3 is 3.00 bits per heavy atom. The summed E-state index contributed by atoms with van der Waals surface area (Å²) < 4.78 is 0. The predicted molar refractivity (Wildman–Crippen MR) is 84.5 cm³/mol. The molecule has 0 aliphatic rings. The van der Waals surface area contributed by atoms with Crippen molar-refractivity contribution in [3.8, 4) is 11.8 Å². The molecule has 0 aliphatic heterocycles. The van der Waals surface area contributed by atoms with Crippen LogP contribution in [0.1, 0.15) is 34.1 Å². The summed E-state index contributed by atoms with van der Waals surface area (Å²) in [6.07, 6.45) is 2.82. The summed E-state index contributed by atoms with van der Waals surface area (Å²) in [4.78, 5) is 16.5. The van der Waals surface area contributed by atoms with E-state index in [4.69, 9.17) is 5.11 Å². The fourth-order valence-corrected chi connectivity index (χ4v) is 2.33. The van der Waals surface area contributed by atoms with E-state index in [1.807, 2.05) is 25.1 Å². The molecule has 1 amide bonds. The summed E-state index contributed by atoms with van der Waals surface area (Å²) in [7, 11) is 0. The van der Waals surface area contributed by atoms with Crippen LogP contribution in [0.3, 0.4) is 0 Å². The number of aliphatic hydroxyl groups is 1. The maximum atomic E-state index is 12.0. The topological polar surface area (TPSA) is 62.2 Å². The van der Waals surface area contributed by atoms with Crippen LogP contribution in [0.25, 0.3) is 0 Å². The van der Waals surface area contributed by atoms with Crippen LogP contribution in [-0.4, -0.2) is 22.6 Å². The highest BCUT2D eigenvalue weighted by atomic mass is 32.1. The summed E-state index contributed by atoms with van der Waals surface area (Å²) in [5.74, 6) is 5.74. The van der Waals surface area contributed by atoms with Gasteiger partial charge in [-0.05, 0) is 30.2 Å². The van der Waals surface area contributed by atoms with Crippen LogP contribution in [0, 0.1) is 11.8 Å². The van der Waals surface area contributed by atoms with Crippen LogP contribution < -0.4 is 5.32 Å². The van der Waals surface area contributed by atoms with E-state index in [1.54, 1.807) is 11.7 Å². The van der Waals surface area contributed by atoms with E-state index >= 15 is 0 Å². The Kier molecular flexibility index (Phi) is 5.50. The van der Waals surface area contributed by atoms with Crippen molar-refractivity contribution in [2.24, 2.45) is 0 Å². The molecule has 0 atom stereocenters. The molecule has 0 bridgehead atoms. The number of benzene rings is 1. The van der Waals surface area contributed by atoms with E-state index in [0.717, 1.165) is 23.2 Å². The molecule has 0 unspecified atom stereocenters. The first-order valence-electron chi connectivity index (χ1n) is 6.67. The van der Waals surface area contributed by atoms with Gasteiger partial charge in [-0.2, -0.15) is 0 Å². The fraction of sp³-hybridized carbons (Fsp3) is 0.250. The van der Waals surface area contributed by atoms with Gasteiger partial charge in [-0.1, -0.05) is 18.8 Å². The van der Waals surface area contributed by atoms with Gasteiger partial charge in [-0.25, -0.2) is 0 Å². The van der Waals surface area contributed by atoms with E-state index in [0.29, 0.717) is 11.3 Å². The second-order valence-corrected chi connectivity index (χ2v) is 5.21. The van der Waals surface area contributed by atoms with Gasteiger partial charge in [0.15, 0.2) is 0 Å². The standard InChI is InChI=1S/C16H16N2O2S/c1-2-13-9-12(5-3-4-8-19)6-7-14(13)18-16(20)15-10-17-11-21-15/h6-7,9-11,19H,2,4,8H2,1H3,(H,18,20). The average molecular weight is 300 g/mol. The van der Waals surface area contributed by atoms with Crippen molar-refractivity contribution < 1.29 is 9.90 Å². The molecule has 2 rings (SSSR count). The quantitative estimate of drug-likeness (QED) is 0.853. The number of hydrogen-bond acceptors (Lipinski definition) is 4. The summed E-state index contributed by atoms with van der Waals surface area (Å²) in [6, 6.07) is 5.69. The third-order valence-electron chi connectivity index (χ3n) is 2.86. The predicted octanol–water partition coefficient (Wildman–Crippen LogP) is 2.69. The molecule has 21 heavy (non-hydrogen) atoms. The molecule has 108 valence electrons. The summed E-state index contributed by atoms with van der Waals surface area (Å²) in [6.45, 7) is 2.10. The van der Waals surface area contributed by atoms with Crippen LogP contribution in [0.4, 0.5) is 5.69 Å². The molecule has 0 fully saturated rings. The van der Waals surface area contributed by atoms with E-state index in [1.165, 1.54) is 11.3 Å². The maximum Gasteiger partial charge on any atom is 0.267 e. The number of carbonyl (C=O) groups excluding carboxylic acids is 1. The Labute approximate surface area is 127 Å². The molecule has 0 aliphatic carbocycles. The second-order valence-electron chi connectivity index (χ2n) is 4.32. The van der Waals surface area contributed by atoms with Gasteiger partial charge < -0.3 is 10.4 Å². The molecular formula is C16H16N2O2S. The Morgan fingerprint density at radius 1 is 1.48 bits per heavy atom. The normalized spacial score (nSPS) is 9.81. The minimum Gasteiger partial charge on any atom is -0.395 e. The largest absolute Gasteiger partial charge is 0.395 e. The molecule has 2 aromatic rings. The number of hydrogen-bond donors (Lipinski definition) is 2. The number of anilines is 1. The van der Waals surface area contributed by atoms with Gasteiger partial charge in [0.2, 0.25) is 0 Å². The lowest BCUT2D eigenvalue weighted by Gasteiger charge is -2.09. The SMILES string of the molecule is CCc1cc(C#CCCO)ccc1NC(=O)c1cncs1. The van der Waals surface area contributed by atoms with Gasteiger partial charge in [-0.3, -0.25) is 9.78 Å². The number of nitrogens with zero attached hydrogens (tertiary/aromatic N) is 1. The van der Waals surface area contributed by atoms with E-state index in [9.17, 15) is 4.79 Å². The van der Waals surface area contributed by atoms with Crippen molar-refractivity contribution in [2.45, 2.75) is 19.8 Å². The van der Waals surface area contributed by atoms with Gasteiger partial charge in [0.1, 0.15) is 4.88 Å². The molecule has 1 heterocycles. The first-order chi connectivity index (χ1) is 10.2. The van der Waals surface area contributed by atoms with Crippen molar-refractivity contribution in [3.05, 3.63) is 45.9 Å². The Morgan fingerprint density at radius 2 is 2.33 bits per heavy atom. The van der Waals surface area contributed by atoms with Crippen LogP contribution in [0.5, 0.6) is 0 Å². The number of aromatic nitrogens is 1. The molecule has 4 nitrogen and oxygen atoms in total. The van der Waals surface area contributed by atoms with Gasteiger partial charge in [-0.15, -0.1) is 11.3 Å². The summed E-state index contributed by atoms with van der Waals surface area (Å²) >= 11 is 1.31. The molecule has 0 saturated carbocycles. The molecule has 5 heteroatoms. The zero-order valence-corrected chi connectivity index (χ0v) is 12.5. The minimum atomic E-state index is -0.147. The first kappa shape index (κ1) is 15.2. The van der Waals surface area contributed by atoms with Crippen LogP contribution >= 0.6 is 11.3 Å². The van der Waals surface area contributed by atoms with E-state index in [2.05, 4.69) is 22.1 Å². The summed E-state index contributed by atoms with van der Waals surface area (Å²) in [5.41, 5.74) is 4.35. The zero-order valence-electron chi connectivity index (χ0n) is 11.7. The second kappa shape index (κ2) is 7.58. The van der Waals surface area contributed by atoms with Gasteiger partial charge in [0, 0.05) is 17.7 Å². The van der Waals surface area contributed by atoms with E-state index in [-0.39, 0.29) is 12.5 Å². The number of thiazole rings is 1. The third kappa shape index (κ3) is 4.15. The van der Waals surface area contributed by atoms with Crippen molar-refractivity contribution in [3.63, 3.8) is 0 Å². The lowest BCUT2D eigenvalue weighted by atomic mass is 10.1. The lowest BCUT2D eigenvalue weighted by molar-refractivity contribution is 0.103. The summed E-state index contributed by atoms with van der Waals surface area (Å²) in [5, 5.41) is 11.6. The van der Waals surface area contributed by atoms with Crippen molar-refractivity contribution in [2.75, 3.05) is 11.9 Å². The Bertz CT molecular complexity index is 669. The monoisotopic (exact) mass is 300 g/mol. The van der Waals surface area contributed by atoms with Crippen LogP contribution in [0.15, 0.2) is 29.9 Å². The van der Waals surface area contributed by atoms with Gasteiger partial charge >= 0.3 is 0 Å². The first-order valence-corrected chi connectivity index (χ1v) is 7.55. The molecular weight excluding hydrogens is 284 g/mol. The van der Waals surface area contributed by atoms with Crippen molar-refractivity contribution in [1.29, 1.82) is 0 Å². The van der Waals surface area contributed by atoms with Crippen molar-refractivity contribution >= 4 is 22.9 Å². The highest BCUT2D eigenvalue weighted by Gasteiger charge is 2.10. The lowest BCUT2D eigenvalue weighted by Crippen LogP contribution is -2.11. The maximum absolute atomic E-state index is 12.0. The highest BCUT2D eigenvalue weighted by Crippen LogP contribution is 2.19. The van der Waals surface area contributed by atoms with E-state index < -0.39 is 0 Å². The number of carbonyl (C=O) groups is 1. The smallest absolute Gasteiger partial charge is 0.267 e. The van der Waals surface area contributed by atoms with Crippen LogP contribution in [0.2, 0.25) is 0 Å². The van der Waals surface area contributed by atoms with Gasteiger partial charge in [0.25, 0.3) is 5.91 Å². The minimum absolute atomic E-state index is 0.0661. The molecule has 0 radical (unpaired) electrons. The van der Waals surface area contributed by atoms with Crippen LogP contribution in [-0.2, 0) is 6.42 Å². The highest BCUT2D eigenvalue weighted by molar-refractivity contribution is 7.11. The molecule has 0 spiro atoms.